The lowest BCUT2D eigenvalue weighted by Crippen LogP contribution is -2.63. The molecule has 2 N–H and O–H groups in total. The summed E-state index contributed by atoms with van der Waals surface area (Å²) in [5.41, 5.74) is 1.83. The van der Waals surface area contributed by atoms with Gasteiger partial charge in [0.1, 0.15) is 22.9 Å². The number of methoxy groups -OCH3 is 2. The molecule has 1 amide bonds. The van der Waals surface area contributed by atoms with Gasteiger partial charge in [-0.25, -0.2) is 0 Å². The fourth-order valence-electron chi connectivity index (χ4n) is 4.41. The molecule has 32 heavy (non-hydrogen) atoms. The Morgan fingerprint density at radius 2 is 1.84 bits per heavy atom. The molecule has 4 rings (SSSR count). The topological polar surface area (TPSA) is 75.2 Å². The number of ether oxygens (including phenoxy) is 2. The number of hydrogen-bond donors (Lipinski definition) is 2. The van der Waals surface area contributed by atoms with E-state index in [-0.39, 0.29) is 11.4 Å². The fourth-order valence-corrected chi connectivity index (χ4v) is 4.41. The Kier molecular flexibility index (Phi) is 5.75. The second kappa shape index (κ2) is 8.37. The van der Waals surface area contributed by atoms with Crippen molar-refractivity contribution in [1.29, 1.82) is 0 Å². The number of benzene rings is 2. The largest absolute Gasteiger partial charge is 0.497 e. The highest BCUT2D eigenvalue weighted by atomic mass is 16.5. The minimum absolute atomic E-state index is 0.0562. The minimum atomic E-state index is -0.477. The van der Waals surface area contributed by atoms with Crippen LogP contribution in [-0.2, 0) is 0 Å². The molecule has 0 radical (unpaired) electrons. The Bertz CT molecular complexity index is 1040. The van der Waals surface area contributed by atoms with E-state index in [9.17, 15) is 4.79 Å². The van der Waals surface area contributed by atoms with Crippen molar-refractivity contribution in [2.75, 3.05) is 37.9 Å². The van der Waals surface area contributed by atoms with Crippen LogP contribution in [0.25, 0.3) is 0 Å². The molecule has 1 spiro atoms. The maximum Gasteiger partial charge on any atom is 0.257 e. The maximum absolute atomic E-state index is 13.6. The third-order valence-electron chi connectivity index (χ3n) is 5.87. The van der Waals surface area contributed by atoms with Crippen LogP contribution in [-0.4, -0.2) is 55.0 Å². The number of piperidine rings is 1. The molecule has 0 aromatic heterocycles. The maximum atomic E-state index is 13.6. The average molecular weight is 437 g/mol. The van der Waals surface area contributed by atoms with Crippen molar-refractivity contribution in [1.82, 2.24) is 4.90 Å². The lowest BCUT2D eigenvalue weighted by molar-refractivity contribution is 0.0691. The number of amides is 1. The first-order valence-corrected chi connectivity index (χ1v) is 11.0. The number of nitrogens with zero attached hydrogens (tertiary/aromatic N) is 2. The van der Waals surface area contributed by atoms with E-state index >= 15 is 0 Å². The van der Waals surface area contributed by atoms with Crippen molar-refractivity contribution in [2.24, 2.45) is 4.99 Å². The predicted molar refractivity (Wildman–Crippen MR) is 128 cm³/mol. The molecule has 0 aliphatic carbocycles. The number of rotatable bonds is 3. The van der Waals surface area contributed by atoms with Crippen LogP contribution in [0.4, 0.5) is 11.4 Å². The van der Waals surface area contributed by atoms with Gasteiger partial charge in [0.2, 0.25) is 0 Å². The zero-order valence-corrected chi connectivity index (χ0v) is 19.5. The number of amidine groups is 1. The van der Waals surface area contributed by atoms with E-state index < -0.39 is 5.54 Å². The van der Waals surface area contributed by atoms with Gasteiger partial charge in [-0.1, -0.05) is 12.1 Å². The Morgan fingerprint density at radius 1 is 1.09 bits per heavy atom. The van der Waals surface area contributed by atoms with Crippen LogP contribution in [0.3, 0.4) is 0 Å². The van der Waals surface area contributed by atoms with E-state index in [2.05, 4.69) is 37.5 Å². The quantitative estimate of drug-likeness (QED) is 0.745. The van der Waals surface area contributed by atoms with Crippen molar-refractivity contribution in [2.45, 2.75) is 44.7 Å². The molecule has 1 saturated heterocycles. The standard InChI is InChI=1S/C25H32N4O3/c1-24(2,3)28-23-25(27-20-10-7-6-9-19(20)26-23)13-8-14-29(16-25)22(30)18-12-11-17(31-4)15-21(18)32-5/h6-7,9-12,15,27H,8,13-14,16H2,1-5H3,(H,26,28)/t25-/m1/s1. The fraction of sp³-hybridized carbons (Fsp3) is 0.440. The van der Waals surface area contributed by atoms with Crippen molar-refractivity contribution in [3.63, 3.8) is 0 Å². The number of nitrogens with one attached hydrogen (secondary N) is 2. The van der Waals surface area contributed by atoms with Crippen LogP contribution in [0, 0.1) is 0 Å². The van der Waals surface area contributed by atoms with Crippen LogP contribution >= 0.6 is 0 Å². The Hall–Kier alpha value is -3.22. The summed E-state index contributed by atoms with van der Waals surface area (Å²) in [6, 6.07) is 13.4. The first-order valence-electron chi connectivity index (χ1n) is 11.0. The molecule has 2 aliphatic rings. The molecule has 7 heteroatoms. The van der Waals surface area contributed by atoms with Gasteiger partial charge in [0.25, 0.3) is 5.91 Å². The molecular weight excluding hydrogens is 404 g/mol. The summed E-state index contributed by atoms with van der Waals surface area (Å²) in [7, 11) is 3.17. The molecule has 2 aromatic carbocycles. The van der Waals surface area contributed by atoms with Gasteiger partial charge >= 0.3 is 0 Å². The molecular formula is C25H32N4O3. The van der Waals surface area contributed by atoms with Crippen molar-refractivity contribution in [3.05, 3.63) is 48.0 Å². The van der Waals surface area contributed by atoms with Crippen molar-refractivity contribution >= 4 is 23.1 Å². The summed E-state index contributed by atoms with van der Waals surface area (Å²) in [6.45, 7) is 7.46. The number of hydrogen-bond acceptors (Lipinski definition) is 5. The molecule has 0 bridgehead atoms. The Balaban J connectivity index is 1.69. The van der Waals surface area contributed by atoms with Gasteiger partial charge < -0.3 is 25.0 Å². The van der Waals surface area contributed by atoms with E-state index in [0.29, 0.717) is 30.2 Å². The second-order valence-electron chi connectivity index (χ2n) is 9.41. The van der Waals surface area contributed by atoms with Crippen LogP contribution in [0.5, 0.6) is 11.5 Å². The van der Waals surface area contributed by atoms with Crippen molar-refractivity contribution < 1.29 is 14.3 Å². The summed E-state index contributed by atoms with van der Waals surface area (Å²) >= 11 is 0. The number of fused-ring (bicyclic) bond motifs is 1. The Labute approximate surface area is 189 Å². The minimum Gasteiger partial charge on any atom is -0.497 e. The normalized spacial score (nSPS) is 21.5. The van der Waals surface area contributed by atoms with Crippen LogP contribution < -0.4 is 20.1 Å². The van der Waals surface area contributed by atoms with Crippen LogP contribution in [0.2, 0.25) is 0 Å². The SMILES string of the molecule is COc1ccc(C(=O)N2CCC[C@]3(C2)Nc2ccccc2NC3=NC(C)(C)C)c(OC)c1. The smallest absolute Gasteiger partial charge is 0.257 e. The van der Waals surface area contributed by atoms with E-state index in [4.69, 9.17) is 14.5 Å². The Morgan fingerprint density at radius 3 is 2.53 bits per heavy atom. The number of anilines is 2. The van der Waals surface area contributed by atoms with Gasteiger partial charge in [0.15, 0.2) is 0 Å². The highest BCUT2D eigenvalue weighted by molar-refractivity contribution is 6.10. The molecule has 2 aliphatic heterocycles. The molecule has 0 saturated carbocycles. The number of carbonyl (C=O) groups excluding carboxylic acids is 1. The summed E-state index contributed by atoms with van der Waals surface area (Å²) in [6.07, 6.45) is 1.75. The number of aliphatic imine (C=N–C) groups is 1. The van der Waals surface area contributed by atoms with Crippen LogP contribution in [0.15, 0.2) is 47.5 Å². The highest BCUT2D eigenvalue weighted by Crippen LogP contribution is 2.37. The molecule has 1 fully saturated rings. The van der Waals surface area contributed by atoms with E-state index in [1.54, 1.807) is 32.4 Å². The van der Waals surface area contributed by atoms with E-state index in [0.717, 1.165) is 30.1 Å². The predicted octanol–water partition coefficient (Wildman–Crippen LogP) is 4.41. The van der Waals surface area contributed by atoms with E-state index in [1.165, 1.54) is 0 Å². The number of likely N-dealkylation sites (tertiary alicyclic amines) is 1. The monoisotopic (exact) mass is 436 g/mol. The lowest BCUT2D eigenvalue weighted by Gasteiger charge is -2.48. The third-order valence-corrected chi connectivity index (χ3v) is 5.87. The van der Waals surface area contributed by atoms with Gasteiger partial charge in [0.05, 0.1) is 43.2 Å². The van der Waals surface area contributed by atoms with Gasteiger partial charge in [-0.05, 0) is 57.9 Å². The summed E-state index contributed by atoms with van der Waals surface area (Å²) in [4.78, 5) is 20.5. The first-order chi connectivity index (χ1) is 15.2. The van der Waals surface area contributed by atoms with E-state index in [1.807, 2.05) is 23.1 Å². The summed E-state index contributed by atoms with van der Waals surface area (Å²) in [5, 5.41) is 7.29. The average Bonchev–Trinajstić information content (AvgIpc) is 2.78. The molecule has 2 heterocycles. The van der Waals surface area contributed by atoms with Crippen LogP contribution in [0.1, 0.15) is 44.0 Å². The summed E-state index contributed by atoms with van der Waals surface area (Å²) < 4.78 is 10.8. The van der Waals surface area contributed by atoms with Gasteiger partial charge in [-0.2, -0.15) is 0 Å². The lowest BCUT2D eigenvalue weighted by atomic mass is 9.84. The number of carbonyl (C=O) groups is 1. The molecule has 7 nitrogen and oxygen atoms in total. The summed E-state index contributed by atoms with van der Waals surface area (Å²) in [5.74, 6) is 1.99. The molecule has 2 aromatic rings. The highest BCUT2D eigenvalue weighted by Gasteiger charge is 2.45. The third kappa shape index (κ3) is 4.24. The molecule has 1 atom stereocenters. The van der Waals surface area contributed by atoms with Crippen molar-refractivity contribution in [3.8, 4) is 11.5 Å². The van der Waals surface area contributed by atoms with Gasteiger partial charge in [-0.3, -0.25) is 9.79 Å². The number of para-hydroxylation sites is 2. The first kappa shape index (κ1) is 22.0. The zero-order valence-electron chi connectivity index (χ0n) is 19.5. The molecule has 170 valence electrons. The van der Waals surface area contributed by atoms with Gasteiger partial charge in [0, 0.05) is 12.6 Å². The second-order valence-corrected chi connectivity index (χ2v) is 9.41. The van der Waals surface area contributed by atoms with Gasteiger partial charge in [-0.15, -0.1) is 0 Å². The molecule has 0 unspecified atom stereocenters. The zero-order chi connectivity index (χ0) is 22.9.